The molecule has 4 aromatic rings. The van der Waals surface area contributed by atoms with Crippen LogP contribution in [0.5, 0.6) is 0 Å². The van der Waals surface area contributed by atoms with Crippen LogP contribution in [0, 0.1) is 0 Å². The Bertz CT molecular complexity index is 1620. The van der Waals surface area contributed by atoms with Crippen LogP contribution in [0.4, 0.5) is 17.1 Å². The van der Waals surface area contributed by atoms with Crippen LogP contribution < -0.4 is 10.2 Å². The quantitative estimate of drug-likeness (QED) is 0.365. The molecule has 1 aliphatic rings. The number of carboxylic acids is 1. The van der Waals surface area contributed by atoms with E-state index in [0.29, 0.717) is 24.1 Å². The van der Waals surface area contributed by atoms with Crippen molar-refractivity contribution in [3.05, 3.63) is 72.7 Å². The van der Waals surface area contributed by atoms with Crippen LogP contribution in [0.2, 0.25) is 0 Å². The van der Waals surface area contributed by atoms with E-state index in [-0.39, 0.29) is 34.9 Å². The largest absolute Gasteiger partial charge is 0.478 e. The molecule has 5 rings (SSSR count). The van der Waals surface area contributed by atoms with Gasteiger partial charge in [-0.25, -0.2) is 13.2 Å². The van der Waals surface area contributed by atoms with Crippen molar-refractivity contribution < 1.29 is 23.1 Å². The predicted molar refractivity (Wildman–Crippen MR) is 146 cm³/mol. The van der Waals surface area contributed by atoms with E-state index < -0.39 is 16.0 Å². The molecule has 196 valence electrons. The van der Waals surface area contributed by atoms with Gasteiger partial charge in [0.1, 0.15) is 4.90 Å². The van der Waals surface area contributed by atoms with Gasteiger partial charge in [0.2, 0.25) is 10.0 Å². The maximum absolute atomic E-state index is 13.8. The normalized spacial score (nSPS) is 14.4. The maximum Gasteiger partial charge on any atom is 0.337 e. The fourth-order valence-corrected chi connectivity index (χ4v) is 5.86. The monoisotopic (exact) mass is 533 g/mol. The number of pyridine rings is 2. The summed E-state index contributed by atoms with van der Waals surface area (Å²) in [7, 11) is -0.118. The Morgan fingerprint density at radius 2 is 1.79 bits per heavy atom. The number of para-hydroxylation sites is 1. The number of hydrogen-bond donors (Lipinski definition) is 2. The number of nitrogens with one attached hydrogen (secondary N) is 1. The summed E-state index contributed by atoms with van der Waals surface area (Å²) in [5, 5.41) is 13.4. The summed E-state index contributed by atoms with van der Waals surface area (Å²) < 4.78 is 34.3. The Morgan fingerprint density at radius 3 is 2.53 bits per heavy atom. The van der Waals surface area contributed by atoms with E-state index >= 15 is 0 Å². The second-order valence-corrected chi connectivity index (χ2v) is 11.0. The molecule has 0 bridgehead atoms. The summed E-state index contributed by atoms with van der Waals surface area (Å²) in [4.78, 5) is 22.7. The van der Waals surface area contributed by atoms with Crippen molar-refractivity contribution in [1.82, 2.24) is 14.3 Å². The first-order valence-electron chi connectivity index (χ1n) is 12.0. The van der Waals surface area contributed by atoms with Crippen LogP contribution >= 0.6 is 0 Å². The summed E-state index contributed by atoms with van der Waals surface area (Å²) in [6.45, 7) is 1.03. The van der Waals surface area contributed by atoms with Gasteiger partial charge in [-0.1, -0.05) is 18.2 Å². The lowest BCUT2D eigenvalue weighted by Gasteiger charge is -2.27. The van der Waals surface area contributed by atoms with Crippen molar-refractivity contribution in [3.63, 3.8) is 0 Å². The topological polar surface area (TPSA) is 125 Å². The number of benzene rings is 2. The van der Waals surface area contributed by atoms with Crippen molar-refractivity contribution in [2.45, 2.75) is 4.90 Å². The van der Waals surface area contributed by atoms with Gasteiger partial charge in [-0.05, 0) is 35.9 Å². The fourth-order valence-electron chi connectivity index (χ4n) is 4.35. The van der Waals surface area contributed by atoms with E-state index in [9.17, 15) is 18.3 Å². The molecule has 2 aromatic heterocycles. The minimum absolute atomic E-state index is 0.0196. The van der Waals surface area contributed by atoms with Crippen LogP contribution in [0.3, 0.4) is 0 Å². The number of rotatable bonds is 7. The summed E-state index contributed by atoms with van der Waals surface area (Å²) in [5.74, 6) is -1.13. The van der Waals surface area contributed by atoms with Crippen LogP contribution in [-0.4, -0.2) is 74.2 Å². The number of sulfonamides is 1. The number of hydrogen-bond acceptors (Lipinski definition) is 8. The number of fused-ring (bicyclic) bond motifs is 1. The van der Waals surface area contributed by atoms with Gasteiger partial charge in [0.15, 0.2) is 0 Å². The summed E-state index contributed by atoms with van der Waals surface area (Å²) in [6, 6.07) is 13.9. The molecule has 1 aliphatic heterocycles. The third kappa shape index (κ3) is 4.91. The zero-order valence-electron chi connectivity index (χ0n) is 21.0. The molecule has 3 heterocycles. The number of ether oxygens (including phenoxy) is 1. The van der Waals surface area contributed by atoms with Gasteiger partial charge >= 0.3 is 5.97 Å². The van der Waals surface area contributed by atoms with Crippen molar-refractivity contribution in [1.29, 1.82) is 0 Å². The molecule has 0 radical (unpaired) electrons. The first-order valence-corrected chi connectivity index (χ1v) is 13.4. The molecule has 0 unspecified atom stereocenters. The minimum Gasteiger partial charge on any atom is -0.478 e. The number of morpholine rings is 1. The highest BCUT2D eigenvalue weighted by molar-refractivity contribution is 7.89. The molecule has 2 aromatic carbocycles. The van der Waals surface area contributed by atoms with Gasteiger partial charge in [-0.2, -0.15) is 4.31 Å². The number of anilines is 3. The minimum atomic E-state index is -3.97. The highest BCUT2D eigenvalue weighted by Gasteiger charge is 2.30. The van der Waals surface area contributed by atoms with Gasteiger partial charge in [0.25, 0.3) is 0 Å². The van der Waals surface area contributed by atoms with Crippen molar-refractivity contribution in [2.24, 2.45) is 0 Å². The highest BCUT2D eigenvalue weighted by atomic mass is 32.2. The first kappa shape index (κ1) is 25.6. The molecular formula is C27H27N5O5S. The summed E-state index contributed by atoms with van der Waals surface area (Å²) >= 11 is 0. The smallest absolute Gasteiger partial charge is 0.337 e. The first-order chi connectivity index (χ1) is 18.3. The van der Waals surface area contributed by atoms with Crippen LogP contribution in [0.1, 0.15) is 10.4 Å². The Kier molecular flexibility index (Phi) is 6.98. The number of nitrogens with zero attached hydrogens (tertiary/aromatic N) is 4. The third-order valence-electron chi connectivity index (χ3n) is 6.41. The molecular weight excluding hydrogens is 506 g/mol. The number of carboxylic acid groups (broad SMARTS) is 1. The predicted octanol–water partition coefficient (Wildman–Crippen LogP) is 3.83. The second kappa shape index (κ2) is 10.4. The zero-order chi connectivity index (χ0) is 26.9. The molecule has 11 heteroatoms. The Morgan fingerprint density at radius 1 is 1.03 bits per heavy atom. The fraction of sp³-hybridized carbons (Fsp3) is 0.222. The summed E-state index contributed by atoms with van der Waals surface area (Å²) in [5.41, 5.74) is 3.68. The number of carbonyl (C=O) groups is 1. The van der Waals surface area contributed by atoms with E-state index in [1.165, 1.54) is 16.6 Å². The lowest BCUT2D eigenvalue weighted by molar-refractivity contribution is 0.0698. The molecule has 10 nitrogen and oxygen atoms in total. The van der Waals surface area contributed by atoms with Crippen molar-refractivity contribution >= 4 is 44.0 Å². The molecule has 2 N–H and O–H groups in total. The summed E-state index contributed by atoms with van der Waals surface area (Å²) in [6.07, 6.45) is 4.82. The highest BCUT2D eigenvalue weighted by Crippen LogP contribution is 2.37. The van der Waals surface area contributed by atoms with Crippen molar-refractivity contribution in [2.75, 3.05) is 50.6 Å². The van der Waals surface area contributed by atoms with Gasteiger partial charge in [0, 0.05) is 50.5 Å². The zero-order valence-corrected chi connectivity index (χ0v) is 21.8. The van der Waals surface area contributed by atoms with Gasteiger partial charge < -0.3 is 20.1 Å². The Labute approximate surface area is 220 Å². The molecule has 0 spiro atoms. The van der Waals surface area contributed by atoms with E-state index in [4.69, 9.17) is 4.74 Å². The Balaban J connectivity index is 1.73. The standard InChI is InChI=1S/C27H27N5O5S/c1-31(2)20-13-19(15-28-16-20)18-7-8-23-22(14-18)26(30-24-6-4-3-5-21(24)27(33)34)25(17-29-23)38(35,36)32-9-11-37-12-10-32/h3-8,13-17H,9-12H2,1-2H3,(H,29,30)(H,33,34). The Hall–Kier alpha value is -4.06. The third-order valence-corrected chi connectivity index (χ3v) is 8.32. The lowest BCUT2D eigenvalue weighted by Crippen LogP contribution is -2.40. The number of aromatic nitrogens is 2. The molecule has 0 aliphatic carbocycles. The van der Waals surface area contributed by atoms with Gasteiger partial charge in [-0.15, -0.1) is 0 Å². The van der Waals surface area contributed by atoms with E-state index in [2.05, 4.69) is 15.3 Å². The van der Waals surface area contributed by atoms with E-state index in [1.807, 2.05) is 43.3 Å². The van der Waals surface area contributed by atoms with Crippen molar-refractivity contribution in [3.8, 4) is 11.1 Å². The lowest BCUT2D eigenvalue weighted by atomic mass is 10.0. The number of aromatic carboxylic acids is 1. The van der Waals surface area contributed by atoms with Crippen LogP contribution in [-0.2, 0) is 14.8 Å². The SMILES string of the molecule is CN(C)c1cncc(-c2ccc3ncc(S(=O)(=O)N4CCOCC4)c(Nc4ccccc4C(=O)O)c3c2)c1. The molecule has 38 heavy (non-hydrogen) atoms. The second-order valence-electron chi connectivity index (χ2n) is 9.05. The molecule has 0 amide bonds. The molecule has 0 atom stereocenters. The average molecular weight is 534 g/mol. The molecule has 1 saturated heterocycles. The average Bonchev–Trinajstić information content (AvgIpc) is 2.93. The molecule has 0 saturated carbocycles. The van der Waals surface area contributed by atoms with E-state index in [0.717, 1.165) is 16.8 Å². The van der Waals surface area contributed by atoms with E-state index in [1.54, 1.807) is 30.6 Å². The van der Waals surface area contributed by atoms with Crippen LogP contribution in [0.25, 0.3) is 22.0 Å². The van der Waals surface area contributed by atoms with Crippen LogP contribution in [0.15, 0.2) is 72.0 Å². The maximum atomic E-state index is 13.8. The molecule has 1 fully saturated rings. The van der Waals surface area contributed by atoms with Gasteiger partial charge in [-0.3, -0.25) is 9.97 Å². The van der Waals surface area contributed by atoms with Gasteiger partial charge in [0.05, 0.1) is 47.6 Å².